The van der Waals surface area contributed by atoms with Gasteiger partial charge in [-0.15, -0.1) is 0 Å². The van der Waals surface area contributed by atoms with E-state index in [1.807, 2.05) is 47.4 Å². The van der Waals surface area contributed by atoms with E-state index < -0.39 is 0 Å². The quantitative estimate of drug-likeness (QED) is 0.555. The van der Waals surface area contributed by atoms with Gasteiger partial charge in [-0.05, 0) is 53.1 Å². The molecule has 1 fully saturated rings. The van der Waals surface area contributed by atoms with Crippen molar-refractivity contribution in [2.75, 3.05) is 47.1 Å². The van der Waals surface area contributed by atoms with Crippen LogP contribution in [0.1, 0.15) is 32.7 Å². The summed E-state index contributed by atoms with van der Waals surface area (Å²) >= 11 is 0. The van der Waals surface area contributed by atoms with Crippen molar-refractivity contribution in [2.24, 2.45) is 0 Å². The summed E-state index contributed by atoms with van der Waals surface area (Å²) in [6.07, 6.45) is 1.01. The highest BCUT2D eigenvalue weighted by Crippen LogP contribution is 2.32. The third-order valence-electron chi connectivity index (χ3n) is 6.91. The fraction of sp³-hybridized carbons (Fsp3) is 0.310. The molecule has 0 unspecified atom stereocenters. The second-order valence-corrected chi connectivity index (χ2v) is 10.1. The third-order valence-corrected chi connectivity index (χ3v) is 6.91. The van der Waals surface area contributed by atoms with Crippen molar-refractivity contribution in [3.63, 3.8) is 0 Å². The number of likely N-dealkylation sites (N-methyl/N-ethyl adjacent to an activating group) is 1. The van der Waals surface area contributed by atoms with Gasteiger partial charge in [-0.1, -0.05) is 30.3 Å². The summed E-state index contributed by atoms with van der Waals surface area (Å²) in [5.41, 5.74) is 4.20. The highest BCUT2D eigenvalue weighted by molar-refractivity contribution is 5.96. The predicted octanol–water partition coefficient (Wildman–Crippen LogP) is 3.93. The highest BCUT2D eigenvalue weighted by Gasteiger charge is 2.25. The number of nitrogens with zero attached hydrogens (tertiary/aromatic N) is 2. The molecule has 0 atom stereocenters. The van der Waals surface area contributed by atoms with Crippen LogP contribution in [0.2, 0.25) is 0 Å². The van der Waals surface area contributed by atoms with Gasteiger partial charge in [0, 0.05) is 30.6 Å². The number of ether oxygens (including phenoxy) is 2. The molecule has 3 aromatic rings. The Bertz CT molecular complexity index is 1290. The molecule has 1 N–H and O–H groups in total. The zero-order valence-electron chi connectivity index (χ0n) is 20.8. The predicted molar refractivity (Wildman–Crippen MR) is 138 cm³/mol. The monoisotopic (exact) mass is 486 g/mol. The molecule has 1 saturated heterocycles. The Morgan fingerprint density at radius 1 is 0.861 bits per heavy atom. The summed E-state index contributed by atoms with van der Waals surface area (Å²) in [4.78, 5) is 27.9. The summed E-state index contributed by atoms with van der Waals surface area (Å²) in [6.45, 7) is 4.18. The lowest BCUT2D eigenvalue weighted by molar-refractivity contribution is -0.888. The van der Waals surface area contributed by atoms with Gasteiger partial charge >= 0.3 is 0 Å². The van der Waals surface area contributed by atoms with E-state index in [1.165, 1.54) is 0 Å². The lowest BCUT2D eigenvalue weighted by Crippen LogP contribution is -2.43. The van der Waals surface area contributed by atoms with Crippen molar-refractivity contribution >= 4 is 11.8 Å². The first-order valence-electron chi connectivity index (χ1n) is 12.4. The van der Waals surface area contributed by atoms with Crippen LogP contribution in [0.4, 0.5) is 0 Å². The standard InChI is InChI=1S/C29H31N3O4/c1-32(2)14-5-12-31(13-15-32)29(34)25-9-4-8-23(17-25)22-7-3-6-21(16-22)19-30-28(33)24-10-11-26-27(18-24)36-20-35-26/h3-4,6-11,16-18H,5,12-15,19-20H2,1-2H3/p+1. The lowest BCUT2D eigenvalue weighted by atomic mass is 10.0. The van der Waals surface area contributed by atoms with Gasteiger partial charge in [0.25, 0.3) is 11.8 Å². The van der Waals surface area contributed by atoms with Crippen LogP contribution in [0.25, 0.3) is 11.1 Å². The molecule has 0 saturated carbocycles. The van der Waals surface area contributed by atoms with Crippen molar-refractivity contribution in [3.05, 3.63) is 83.4 Å². The molecule has 2 aliphatic heterocycles. The molecule has 36 heavy (non-hydrogen) atoms. The molecule has 7 heteroatoms. The van der Waals surface area contributed by atoms with Crippen LogP contribution in [-0.4, -0.2) is 68.3 Å². The largest absolute Gasteiger partial charge is 0.454 e. The topological polar surface area (TPSA) is 67.9 Å². The third kappa shape index (κ3) is 5.36. The number of carbonyl (C=O) groups is 2. The molecule has 7 nitrogen and oxygen atoms in total. The number of quaternary nitrogens is 1. The molecule has 5 rings (SSSR count). The van der Waals surface area contributed by atoms with Crippen molar-refractivity contribution < 1.29 is 23.5 Å². The Balaban J connectivity index is 1.26. The fourth-order valence-corrected chi connectivity index (χ4v) is 4.71. The molecule has 2 heterocycles. The molecule has 0 aromatic heterocycles. The van der Waals surface area contributed by atoms with E-state index in [4.69, 9.17) is 9.47 Å². The average molecular weight is 487 g/mol. The molecule has 0 radical (unpaired) electrons. The van der Waals surface area contributed by atoms with Crippen LogP contribution in [0.5, 0.6) is 11.5 Å². The minimum Gasteiger partial charge on any atom is -0.454 e. The number of hydrogen-bond donors (Lipinski definition) is 1. The van der Waals surface area contributed by atoms with E-state index >= 15 is 0 Å². The number of benzene rings is 3. The minimum atomic E-state index is -0.175. The normalized spacial score (nSPS) is 16.3. The van der Waals surface area contributed by atoms with Crippen molar-refractivity contribution in [2.45, 2.75) is 13.0 Å². The van der Waals surface area contributed by atoms with Gasteiger partial charge < -0.3 is 24.2 Å². The van der Waals surface area contributed by atoms with Crippen LogP contribution in [0.3, 0.4) is 0 Å². The van der Waals surface area contributed by atoms with Gasteiger partial charge in [-0.2, -0.15) is 0 Å². The number of hydrogen-bond acceptors (Lipinski definition) is 4. The Kier molecular flexibility index (Phi) is 6.65. The number of carbonyl (C=O) groups excluding carboxylic acids is 2. The maximum absolute atomic E-state index is 13.3. The zero-order valence-corrected chi connectivity index (χ0v) is 20.8. The molecule has 186 valence electrons. The minimum absolute atomic E-state index is 0.0888. The first-order chi connectivity index (χ1) is 17.4. The van der Waals surface area contributed by atoms with E-state index in [0.29, 0.717) is 29.2 Å². The summed E-state index contributed by atoms with van der Waals surface area (Å²) in [5, 5.41) is 2.97. The van der Waals surface area contributed by atoms with Crippen LogP contribution in [0, 0.1) is 0 Å². The van der Waals surface area contributed by atoms with E-state index in [1.54, 1.807) is 18.2 Å². The summed E-state index contributed by atoms with van der Waals surface area (Å²) in [7, 11) is 4.44. The van der Waals surface area contributed by atoms with Crippen molar-refractivity contribution in [1.29, 1.82) is 0 Å². The van der Waals surface area contributed by atoms with Gasteiger partial charge in [-0.3, -0.25) is 9.59 Å². The summed E-state index contributed by atoms with van der Waals surface area (Å²) < 4.78 is 11.6. The van der Waals surface area contributed by atoms with E-state index in [0.717, 1.165) is 53.8 Å². The van der Waals surface area contributed by atoms with Gasteiger partial charge in [0.2, 0.25) is 6.79 Å². The molecular weight excluding hydrogens is 454 g/mol. The first kappa shape index (κ1) is 23.9. The fourth-order valence-electron chi connectivity index (χ4n) is 4.71. The molecule has 0 aliphatic carbocycles. The van der Waals surface area contributed by atoms with E-state index in [2.05, 4.69) is 25.5 Å². The zero-order chi connectivity index (χ0) is 25.1. The molecule has 2 amide bonds. The lowest BCUT2D eigenvalue weighted by Gasteiger charge is -2.28. The molecule has 0 bridgehead atoms. The number of rotatable bonds is 5. The van der Waals surface area contributed by atoms with Gasteiger partial charge in [0.1, 0.15) is 0 Å². The molecule has 0 spiro atoms. The smallest absolute Gasteiger partial charge is 0.254 e. The van der Waals surface area contributed by atoms with Crippen LogP contribution < -0.4 is 14.8 Å². The maximum Gasteiger partial charge on any atom is 0.254 e. The van der Waals surface area contributed by atoms with Crippen LogP contribution in [0.15, 0.2) is 66.7 Å². The Morgan fingerprint density at radius 2 is 1.64 bits per heavy atom. The van der Waals surface area contributed by atoms with Gasteiger partial charge in [0.15, 0.2) is 11.5 Å². The Hall–Kier alpha value is -3.84. The van der Waals surface area contributed by atoms with Gasteiger partial charge in [-0.25, -0.2) is 0 Å². The molecule has 3 aromatic carbocycles. The Labute approximate surface area is 211 Å². The van der Waals surface area contributed by atoms with Gasteiger partial charge in [0.05, 0.1) is 33.7 Å². The number of nitrogens with one attached hydrogen (secondary N) is 1. The highest BCUT2D eigenvalue weighted by atomic mass is 16.7. The Morgan fingerprint density at radius 3 is 2.50 bits per heavy atom. The van der Waals surface area contributed by atoms with E-state index in [9.17, 15) is 9.59 Å². The summed E-state index contributed by atoms with van der Waals surface area (Å²) in [6, 6.07) is 21.0. The van der Waals surface area contributed by atoms with Crippen LogP contribution >= 0.6 is 0 Å². The first-order valence-corrected chi connectivity index (χ1v) is 12.4. The number of amides is 2. The van der Waals surface area contributed by atoms with E-state index in [-0.39, 0.29) is 18.6 Å². The van der Waals surface area contributed by atoms with Crippen molar-refractivity contribution in [3.8, 4) is 22.6 Å². The average Bonchev–Trinajstić information content (AvgIpc) is 3.29. The number of fused-ring (bicyclic) bond motifs is 1. The van der Waals surface area contributed by atoms with Crippen molar-refractivity contribution in [1.82, 2.24) is 10.2 Å². The van der Waals surface area contributed by atoms with Crippen LogP contribution in [-0.2, 0) is 6.54 Å². The molecular formula is C29H32N3O4+. The second kappa shape index (κ2) is 10.0. The molecule has 2 aliphatic rings. The second-order valence-electron chi connectivity index (χ2n) is 10.1. The SMILES string of the molecule is C[N+]1(C)CCCN(C(=O)c2cccc(-c3cccc(CNC(=O)c4ccc5c(c4)OCO5)c3)c2)CC1. The summed E-state index contributed by atoms with van der Waals surface area (Å²) in [5.74, 6) is 1.15. The maximum atomic E-state index is 13.3.